The molecule has 0 bridgehead atoms. The monoisotopic (exact) mass is 585 g/mol. The summed E-state index contributed by atoms with van der Waals surface area (Å²) in [6.07, 6.45) is 6.83. The topological polar surface area (TPSA) is 75.0 Å². The van der Waals surface area contributed by atoms with Gasteiger partial charge in [0.15, 0.2) is 0 Å². The largest absolute Gasteiger partial charge is 0.457 e. The molecule has 0 aliphatic carbocycles. The number of rotatable bonds is 7. The Morgan fingerprint density at radius 3 is 1.44 bits per heavy atom. The van der Waals surface area contributed by atoms with Gasteiger partial charge in [-0.1, -0.05) is 36.4 Å². The number of ether oxygens (including phenoxy) is 2. The van der Waals surface area contributed by atoms with Crippen molar-refractivity contribution in [3.8, 4) is 51.5 Å². The second kappa shape index (κ2) is 11.4. The lowest BCUT2D eigenvalue weighted by molar-refractivity contribution is 0.483. The van der Waals surface area contributed by atoms with Gasteiger partial charge in [-0.2, -0.15) is 0 Å². The summed E-state index contributed by atoms with van der Waals surface area (Å²) >= 11 is 0. The Kier molecular flexibility index (Phi) is 6.11. The van der Waals surface area contributed by atoms with E-state index in [1.165, 1.54) is 0 Å². The van der Waals surface area contributed by atoms with Gasteiger partial charge in [0.05, 0.1) is 25.2 Å². The van der Waals surface area contributed by atoms with Gasteiger partial charge < -0.3 is 9.47 Å². The van der Waals surface area contributed by atoms with Gasteiger partial charge in [0.1, 0.15) is 23.0 Å². The van der Waals surface area contributed by atoms with Gasteiger partial charge in [-0.05, 0) is 78.8 Å². The van der Waals surface area contributed by atoms with Crippen LogP contribution in [0.4, 0.5) is 0 Å². The average molecular weight is 586 g/mol. The minimum Gasteiger partial charge on any atom is -0.457 e. The van der Waals surface area contributed by atoms with Crippen molar-refractivity contribution in [2.24, 2.45) is 0 Å². The molecule has 8 aromatic rings. The van der Waals surface area contributed by atoms with Crippen molar-refractivity contribution < 1.29 is 12.2 Å². The fourth-order valence-corrected chi connectivity index (χ4v) is 5.33. The Morgan fingerprint density at radius 1 is 0.467 bits per heavy atom. The molecule has 0 fully saturated rings. The maximum absolute atomic E-state index is 9.08. The van der Waals surface area contributed by atoms with Gasteiger partial charge in [0, 0.05) is 58.8 Å². The zero-order valence-electron chi connectivity index (χ0n) is 25.8. The molecule has 4 heterocycles. The van der Waals surface area contributed by atoms with Gasteiger partial charge in [-0.3, -0.25) is 14.5 Å². The van der Waals surface area contributed by atoms with Crippen molar-refractivity contribution in [2.45, 2.75) is 0 Å². The Balaban J connectivity index is 1.24. The first-order chi connectivity index (χ1) is 23.1. The lowest BCUT2D eigenvalue weighted by atomic mass is 10.1. The van der Waals surface area contributed by atoms with Crippen LogP contribution in [0.15, 0.2) is 152 Å². The van der Waals surface area contributed by atoms with Crippen LogP contribution in [0, 0.1) is 0 Å². The lowest BCUT2D eigenvalue weighted by Crippen LogP contribution is -2.00. The van der Waals surface area contributed by atoms with Crippen LogP contribution in [0.5, 0.6) is 23.0 Å². The van der Waals surface area contributed by atoms with E-state index in [1.54, 1.807) is 43.0 Å². The minimum absolute atomic E-state index is 0.211. The minimum atomic E-state index is 0.211. The molecular formula is C38H25N5O2. The fourth-order valence-electron chi connectivity index (χ4n) is 5.33. The zero-order valence-corrected chi connectivity index (χ0v) is 23.8. The summed E-state index contributed by atoms with van der Waals surface area (Å²) in [6.45, 7) is 0. The Morgan fingerprint density at radius 2 is 0.956 bits per heavy atom. The molecule has 0 aliphatic rings. The van der Waals surface area contributed by atoms with Gasteiger partial charge >= 0.3 is 0 Å². The van der Waals surface area contributed by atoms with E-state index < -0.39 is 0 Å². The second-order valence-corrected chi connectivity index (χ2v) is 10.3. The Labute approximate surface area is 261 Å². The van der Waals surface area contributed by atoms with Gasteiger partial charge in [0.25, 0.3) is 0 Å². The summed E-state index contributed by atoms with van der Waals surface area (Å²) in [7, 11) is 0. The van der Waals surface area contributed by atoms with E-state index in [4.69, 9.17) is 12.2 Å². The molecule has 0 N–H and O–H groups in total. The van der Waals surface area contributed by atoms with E-state index in [0.29, 0.717) is 50.8 Å². The van der Waals surface area contributed by atoms with Crippen molar-refractivity contribution in [1.29, 1.82) is 0 Å². The highest BCUT2D eigenvalue weighted by atomic mass is 16.5. The molecule has 7 nitrogen and oxygen atoms in total. The maximum Gasteiger partial charge on any atom is 0.234 e. The number of hydrogen-bond acceptors (Lipinski definition) is 6. The first-order valence-electron chi connectivity index (χ1n) is 15.4. The first-order valence-corrected chi connectivity index (χ1v) is 14.4. The molecule has 7 heteroatoms. The van der Waals surface area contributed by atoms with Crippen LogP contribution in [-0.2, 0) is 0 Å². The van der Waals surface area contributed by atoms with E-state index in [2.05, 4.69) is 19.9 Å². The van der Waals surface area contributed by atoms with Crippen LogP contribution in [0.3, 0.4) is 0 Å². The predicted octanol–water partition coefficient (Wildman–Crippen LogP) is 9.28. The summed E-state index contributed by atoms with van der Waals surface area (Å²) < 4.78 is 32.6. The predicted molar refractivity (Wildman–Crippen MR) is 176 cm³/mol. The molecule has 0 unspecified atom stereocenters. The van der Waals surface area contributed by atoms with E-state index in [1.807, 2.05) is 102 Å². The summed E-state index contributed by atoms with van der Waals surface area (Å²) in [5.41, 5.74) is 4.77. The highest BCUT2D eigenvalue weighted by Gasteiger charge is 2.16. The van der Waals surface area contributed by atoms with Gasteiger partial charge in [-0.15, -0.1) is 0 Å². The standard InChI is InChI=1S/C38H25N5O2/c1-3-18-39-34(12-1)26-8-5-10-28(22-26)44-30-14-16-32-33-17-15-31(25-37(33)43(36(32)24-30)38-41-20-7-21-42-38)45-29-11-6-9-27(23-29)35-13-2-4-19-40-35/h1-25H/i16D,17D. The van der Waals surface area contributed by atoms with Crippen molar-refractivity contribution in [3.63, 3.8) is 0 Å². The van der Waals surface area contributed by atoms with E-state index in [9.17, 15) is 0 Å². The van der Waals surface area contributed by atoms with E-state index in [0.717, 1.165) is 22.5 Å². The second-order valence-electron chi connectivity index (χ2n) is 10.3. The van der Waals surface area contributed by atoms with E-state index in [-0.39, 0.29) is 12.1 Å². The molecule has 0 saturated heterocycles. The molecule has 0 aliphatic heterocycles. The highest BCUT2D eigenvalue weighted by molar-refractivity contribution is 6.09. The number of pyridine rings is 2. The first kappa shape index (κ1) is 24.1. The third kappa shape index (κ3) is 5.23. The SMILES string of the molecule is [2H]c1cc(Oc2cccc(-c3ccccn3)c2)cc2c1c1c([2H])cc(Oc3cccc(-c4ccccn4)c3)cc1n2-c1ncccn1. The van der Waals surface area contributed by atoms with Gasteiger partial charge in [-0.25, -0.2) is 9.97 Å². The Bertz CT molecular complexity index is 2240. The number of nitrogens with zero attached hydrogens (tertiary/aromatic N) is 5. The average Bonchev–Trinajstić information content (AvgIpc) is 3.44. The molecule has 0 atom stereocenters. The fraction of sp³-hybridized carbons (Fsp3) is 0. The third-order valence-electron chi connectivity index (χ3n) is 7.33. The third-order valence-corrected chi connectivity index (χ3v) is 7.33. The summed E-state index contributed by atoms with van der Waals surface area (Å²) in [5, 5.41) is 1.19. The van der Waals surface area contributed by atoms with Gasteiger partial charge in [0.2, 0.25) is 5.95 Å². The molecule has 8 rings (SSSR count). The normalized spacial score (nSPS) is 11.7. The molecule has 0 spiro atoms. The number of benzene rings is 4. The molecular weight excluding hydrogens is 558 g/mol. The quantitative estimate of drug-likeness (QED) is 0.186. The van der Waals surface area contributed by atoms with Crippen LogP contribution in [-0.4, -0.2) is 24.5 Å². The van der Waals surface area contributed by atoms with Crippen LogP contribution in [0.1, 0.15) is 2.74 Å². The van der Waals surface area contributed by atoms with Crippen molar-refractivity contribution in [3.05, 3.63) is 152 Å². The molecule has 0 amide bonds. The van der Waals surface area contributed by atoms with Crippen LogP contribution in [0.25, 0.3) is 50.3 Å². The molecule has 4 aromatic heterocycles. The lowest BCUT2D eigenvalue weighted by Gasteiger charge is -2.10. The van der Waals surface area contributed by atoms with E-state index >= 15 is 0 Å². The molecule has 214 valence electrons. The number of fused-ring (bicyclic) bond motifs is 3. The molecule has 0 saturated carbocycles. The van der Waals surface area contributed by atoms with Crippen LogP contribution < -0.4 is 9.47 Å². The zero-order chi connectivity index (χ0) is 31.7. The van der Waals surface area contributed by atoms with Crippen molar-refractivity contribution in [2.75, 3.05) is 0 Å². The Hall–Kier alpha value is -6.34. The number of aromatic nitrogens is 5. The van der Waals surface area contributed by atoms with Crippen LogP contribution in [0.2, 0.25) is 0 Å². The summed E-state index contributed by atoms with van der Waals surface area (Å²) in [6, 6.07) is 36.1. The number of hydrogen-bond donors (Lipinski definition) is 0. The molecule has 0 radical (unpaired) electrons. The highest BCUT2D eigenvalue weighted by Crippen LogP contribution is 2.37. The molecule has 45 heavy (non-hydrogen) atoms. The molecule has 4 aromatic carbocycles. The van der Waals surface area contributed by atoms with Crippen LogP contribution >= 0.6 is 0 Å². The summed E-state index contributed by atoms with van der Waals surface area (Å²) in [4.78, 5) is 18.0. The van der Waals surface area contributed by atoms with Crippen molar-refractivity contribution in [1.82, 2.24) is 24.5 Å². The smallest absolute Gasteiger partial charge is 0.234 e. The maximum atomic E-state index is 9.08. The van der Waals surface area contributed by atoms with Crippen molar-refractivity contribution >= 4 is 21.8 Å². The summed E-state index contributed by atoms with van der Waals surface area (Å²) in [5.74, 6) is 2.55.